The third-order valence-electron chi connectivity index (χ3n) is 6.10. The summed E-state index contributed by atoms with van der Waals surface area (Å²) in [5, 5.41) is 2.74. The number of nitrogens with one attached hydrogen (secondary N) is 1. The van der Waals surface area contributed by atoms with E-state index in [0.717, 1.165) is 10.5 Å². The standard InChI is InChI=1S/C27H27N3O5/c1-27(20-9-13-22(34-2)14-10-20)25(32)30(26(33)28-27)18-24(31)29(17-19-7-5-4-6-8-19)21-11-15-23(35-3)16-12-21/h4-16H,17-18H2,1-3H3,(H,28,33). The maximum Gasteiger partial charge on any atom is 0.325 e. The van der Waals surface area contributed by atoms with Crippen molar-refractivity contribution in [1.82, 2.24) is 10.2 Å². The maximum absolute atomic E-state index is 13.5. The lowest BCUT2D eigenvalue weighted by atomic mass is 9.92. The predicted octanol–water partition coefficient (Wildman–Crippen LogP) is 3.70. The molecule has 1 saturated heterocycles. The first-order chi connectivity index (χ1) is 16.9. The van der Waals surface area contributed by atoms with Gasteiger partial charge >= 0.3 is 6.03 Å². The molecule has 8 nitrogen and oxygen atoms in total. The van der Waals surface area contributed by atoms with Gasteiger partial charge in [0, 0.05) is 5.69 Å². The predicted molar refractivity (Wildman–Crippen MR) is 131 cm³/mol. The Hall–Kier alpha value is -4.33. The summed E-state index contributed by atoms with van der Waals surface area (Å²) in [5.74, 6) is 0.416. The number of anilines is 1. The molecule has 1 aliphatic heterocycles. The van der Waals surface area contributed by atoms with Gasteiger partial charge < -0.3 is 19.7 Å². The highest BCUT2D eigenvalue weighted by molar-refractivity contribution is 6.10. The second-order valence-electron chi connectivity index (χ2n) is 8.34. The van der Waals surface area contributed by atoms with Crippen LogP contribution in [0.2, 0.25) is 0 Å². The molecule has 0 bridgehead atoms. The highest BCUT2D eigenvalue weighted by atomic mass is 16.5. The minimum absolute atomic E-state index is 0.283. The van der Waals surface area contributed by atoms with Crippen molar-refractivity contribution in [1.29, 1.82) is 0 Å². The Balaban J connectivity index is 1.58. The molecular formula is C27H27N3O5. The number of imide groups is 1. The van der Waals surface area contributed by atoms with E-state index in [0.29, 0.717) is 22.7 Å². The zero-order valence-electron chi connectivity index (χ0n) is 19.9. The van der Waals surface area contributed by atoms with Crippen molar-refractivity contribution < 1.29 is 23.9 Å². The van der Waals surface area contributed by atoms with E-state index < -0.39 is 24.0 Å². The van der Waals surface area contributed by atoms with Gasteiger partial charge in [0.1, 0.15) is 23.6 Å². The van der Waals surface area contributed by atoms with Crippen molar-refractivity contribution in [3.05, 3.63) is 90.0 Å². The molecule has 3 aromatic carbocycles. The summed E-state index contributed by atoms with van der Waals surface area (Å²) < 4.78 is 10.4. The van der Waals surface area contributed by atoms with E-state index in [4.69, 9.17) is 9.47 Å². The molecule has 1 unspecified atom stereocenters. The van der Waals surface area contributed by atoms with Crippen LogP contribution in [0.1, 0.15) is 18.1 Å². The molecule has 180 valence electrons. The van der Waals surface area contributed by atoms with Gasteiger partial charge in [0.25, 0.3) is 5.91 Å². The number of carbonyl (C=O) groups excluding carboxylic acids is 3. The molecule has 1 atom stereocenters. The molecule has 1 aliphatic rings. The molecule has 0 aromatic heterocycles. The van der Waals surface area contributed by atoms with Crippen LogP contribution < -0.4 is 19.7 Å². The van der Waals surface area contributed by atoms with Crippen molar-refractivity contribution >= 4 is 23.5 Å². The number of amides is 4. The van der Waals surface area contributed by atoms with E-state index >= 15 is 0 Å². The van der Waals surface area contributed by atoms with Gasteiger partial charge in [-0.1, -0.05) is 42.5 Å². The normalized spacial score (nSPS) is 17.2. The summed E-state index contributed by atoms with van der Waals surface area (Å²) in [6.45, 7) is 1.52. The summed E-state index contributed by atoms with van der Waals surface area (Å²) in [6, 6.07) is 22.8. The van der Waals surface area contributed by atoms with E-state index in [9.17, 15) is 14.4 Å². The number of hydrogen-bond acceptors (Lipinski definition) is 5. The van der Waals surface area contributed by atoms with E-state index in [2.05, 4.69) is 5.32 Å². The summed E-state index contributed by atoms with van der Waals surface area (Å²) >= 11 is 0. The molecule has 0 aliphatic carbocycles. The number of methoxy groups -OCH3 is 2. The Labute approximate surface area is 204 Å². The third kappa shape index (κ3) is 4.82. The fraction of sp³-hybridized carbons (Fsp3) is 0.222. The largest absolute Gasteiger partial charge is 0.497 e. The fourth-order valence-corrected chi connectivity index (χ4v) is 4.03. The number of urea groups is 1. The smallest absolute Gasteiger partial charge is 0.325 e. The van der Waals surface area contributed by atoms with Crippen LogP contribution in [-0.2, 0) is 21.7 Å². The SMILES string of the molecule is COc1ccc(N(Cc2ccccc2)C(=O)CN2C(=O)NC(C)(c3ccc(OC)cc3)C2=O)cc1. The van der Waals surface area contributed by atoms with Crippen LogP contribution >= 0.6 is 0 Å². The lowest BCUT2D eigenvalue weighted by Crippen LogP contribution is -2.44. The first-order valence-corrected chi connectivity index (χ1v) is 11.1. The average molecular weight is 474 g/mol. The molecular weight excluding hydrogens is 446 g/mol. The molecule has 8 heteroatoms. The van der Waals surface area contributed by atoms with Crippen LogP contribution in [0.4, 0.5) is 10.5 Å². The number of rotatable bonds is 8. The molecule has 4 rings (SSSR count). The van der Waals surface area contributed by atoms with Gasteiger partial charge in [-0.15, -0.1) is 0 Å². The zero-order valence-corrected chi connectivity index (χ0v) is 19.9. The highest BCUT2D eigenvalue weighted by Crippen LogP contribution is 2.30. The van der Waals surface area contributed by atoms with E-state index in [-0.39, 0.29) is 12.5 Å². The van der Waals surface area contributed by atoms with Crippen LogP contribution in [0.25, 0.3) is 0 Å². The van der Waals surface area contributed by atoms with Gasteiger partial charge in [-0.25, -0.2) is 4.79 Å². The summed E-state index contributed by atoms with van der Waals surface area (Å²) in [7, 11) is 3.12. The molecule has 4 amide bonds. The van der Waals surface area contributed by atoms with Crippen LogP contribution in [0, 0.1) is 0 Å². The molecule has 35 heavy (non-hydrogen) atoms. The Bertz CT molecular complexity index is 1210. The van der Waals surface area contributed by atoms with Gasteiger partial charge in [0.2, 0.25) is 5.91 Å². The average Bonchev–Trinajstić information content (AvgIpc) is 3.11. The van der Waals surface area contributed by atoms with Crippen molar-refractivity contribution in [3.8, 4) is 11.5 Å². The molecule has 1 fully saturated rings. The summed E-state index contributed by atoms with van der Waals surface area (Å²) in [5.41, 5.74) is 0.859. The lowest BCUT2D eigenvalue weighted by molar-refractivity contribution is -0.134. The Morgan fingerprint density at radius 1 is 0.886 bits per heavy atom. The van der Waals surface area contributed by atoms with Crippen LogP contribution in [-0.4, -0.2) is 43.5 Å². The maximum atomic E-state index is 13.5. The van der Waals surface area contributed by atoms with Crippen LogP contribution in [0.5, 0.6) is 11.5 Å². The molecule has 1 heterocycles. The number of ether oxygens (including phenoxy) is 2. The van der Waals surface area contributed by atoms with Gasteiger partial charge in [0.05, 0.1) is 20.8 Å². The zero-order chi connectivity index (χ0) is 25.0. The van der Waals surface area contributed by atoms with E-state index in [1.807, 2.05) is 30.3 Å². The molecule has 3 aromatic rings. The Kier molecular flexibility index (Phi) is 6.73. The van der Waals surface area contributed by atoms with Gasteiger partial charge in [-0.3, -0.25) is 14.5 Å². The lowest BCUT2D eigenvalue weighted by Gasteiger charge is -2.26. The van der Waals surface area contributed by atoms with Crippen LogP contribution in [0.15, 0.2) is 78.9 Å². The summed E-state index contributed by atoms with van der Waals surface area (Å²) in [4.78, 5) is 42.2. The number of nitrogens with zero attached hydrogens (tertiary/aromatic N) is 2. The first-order valence-electron chi connectivity index (χ1n) is 11.1. The quantitative estimate of drug-likeness (QED) is 0.504. The fourth-order valence-electron chi connectivity index (χ4n) is 4.03. The molecule has 0 radical (unpaired) electrons. The highest BCUT2D eigenvalue weighted by Gasteiger charge is 2.49. The molecule has 0 spiro atoms. The van der Waals surface area contributed by atoms with Crippen LogP contribution in [0.3, 0.4) is 0 Å². The molecule has 1 N–H and O–H groups in total. The number of benzene rings is 3. The van der Waals surface area contributed by atoms with Crippen molar-refractivity contribution in [2.45, 2.75) is 19.0 Å². The Morgan fingerprint density at radius 2 is 1.46 bits per heavy atom. The Morgan fingerprint density at radius 3 is 2.03 bits per heavy atom. The monoisotopic (exact) mass is 473 g/mol. The second-order valence-corrected chi connectivity index (χ2v) is 8.34. The second kappa shape index (κ2) is 9.89. The van der Waals surface area contributed by atoms with Gasteiger partial charge in [0.15, 0.2) is 0 Å². The topological polar surface area (TPSA) is 88.2 Å². The first kappa shape index (κ1) is 23.8. The van der Waals surface area contributed by atoms with E-state index in [1.54, 1.807) is 74.6 Å². The van der Waals surface area contributed by atoms with Gasteiger partial charge in [-0.05, 0) is 54.4 Å². The van der Waals surface area contributed by atoms with E-state index in [1.165, 1.54) is 0 Å². The van der Waals surface area contributed by atoms with Crippen molar-refractivity contribution in [3.63, 3.8) is 0 Å². The van der Waals surface area contributed by atoms with Gasteiger partial charge in [-0.2, -0.15) is 0 Å². The van der Waals surface area contributed by atoms with Crippen molar-refractivity contribution in [2.75, 3.05) is 25.7 Å². The summed E-state index contributed by atoms with van der Waals surface area (Å²) in [6.07, 6.45) is 0. The van der Waals surface area contributed by atoms with Crippen molar-refractivity contribution in [2.24, 2.45) is 0 Å². The number of carbonyl (C=O) groups is 3. The minimum Gasteiger partial charge on any atom is -0.497 e. The molecule has 0 saturated carbocycles. The minimum atomic E-state index is -1.28. The number of hydrogen-bond donors (Lipinski definition) is 1. The third-order valence-corrected chi connectivity index (χ3v) is 6.10.